The highest BCUT2D eigenvalue weighted by Gasteiger charge is 2.44. The summed E-state index contributed by atoms with van der Waals surface area (Å²) < 4.78 is 25.2. The molecular formula is C29H28FN3O6. The van der Waals surface area contributed by atoms with Gasteiger partial charge in [0.1, 0.15) is 11.9 Å². The Bertz CT molecular complexity index is 1410. The molecule has 1 heterocycles. The van der Waals surface area contributed by atoms with E-state index in [0.717, 1.165) is 10.5 Å². The molecule has 1 saturated heterocycles. The second-order valence-electron chi connectivity index (χ2n) is 8.93. The number of methoxy groups -OCH3 is 2. The van der Waals surface area contributed by atoms with Gasteiger partial charge in [-0.3, -0.25) is 19.2 Å². The van der Waals surface area contributed by atoms with Crippen LogP contribution in [0.2, 0.25) is 0 Å². The van der Waals surface area contributed by atoms with E-state index in [1.807, 2.05) is 0 Å². The summed E-state index contributed by atoms with van der Waals surface area (Å²) in [5, 5.41) is 2.63. The average molecular weight is 534 g/mol. The SMILES string of the molecule is COc1ccc(CCN(C(=O)c2ccccc2F)C2CC(=O)N(c3ccc(NC(C)=O)cc3)C2=O)cc1OC. The van der Waals surface area contributed by atoms with E-state index in [2.05, 4.69) is 5.32 Å². The van der Waals surface area contributed by atoms with Crippen LogP contribution in [-0.2, 0) is 20.8 Å². The molecule has 4 amide bonds. The highest BCUT2D eigenvalue weighted by atomic mass is 19.1. The summed E-state index contributed by atoms with van der Waals surface area (Å²) in [4.78, 5) is 53.7. The molecule has 1 unspecified atom stereocenters. The van der Waals surface area contributed by atoms with Crippen LogP contribution < -0.4 is 19.7 Å². The van der Waals surface area contributed by atoms with Crippen molar-refractivity contribution in [3.63, 3.8) is 0 Å². The lowest BCUT2D eigenvalue weighted by molar-refractivity contribution is -0.122. The summed E-state index contributed by atoms with van der Waals surface area (Å²) in [6.45, 7) is 1.41. The van der Waals surface area contributed by atoms with Gasteiger partial charge in [-0.1, -0.05) is 18.2 Å². The summed E-state index contributed by atoms with van der Waals surface area (Å²) in [6, 6.07) is 15.9. The minimum atomic E-state index is -1.13. The number of rotatable bonds is 9. The molecule has 1 fully saturated rings. The Balaban J connectivity index is 1.63. The largest absolute Gasteiger partial charge is 0.493 e. The number of nitrogens with one attached hydrogen (secondary N) is 1. The highest BCUT2D eigenvalue weighted by Crippen LogP contribution is 2.30. The van der Waals surface area contributed by atoms with Crippen LogP contribution in [0.25, 0.3) is 0 Å². The lowest BCUT2D eigenvalue weighted by Gasteiger charge is -2.28. The van der Waals surface area contributed by atoms with Crippen LogP contribution in [0, 0.1) is 5.82 Å². The van der Waals surface area contributed by atoms with Crippen LogP contribution >= 0.6 is 0 Å². The van der Waals surface area contributed by atoms with Gasteiger partial charge in [0.25, 0.3) is 11.8 Å². The Hall–Kier alpha value is -4.73. The van der Waals surface area contributed by atoms with Crippen molar-refractivity contribution in [3.8, 4) is 11.5 Å². The number of imide groups is 1. The number of carbonyl (C=O) groups excluding carboxylic acids is 4. The molecule has 10 heteroatoms. The van der Waals surface area contributed by atoms with E-state index < -0.39 is 29.6 Å². The van der Waals surface area contributed by atoms with E-state index in [0.29, 0.717) is 29.3 Å². The number of hydrogen-bond donors (Lipinski definition) is 1. The number of halogens is 1. The minimum Gasteiger partial charge on any atom is -0.493 e. The highest BCUT2D eigenvalue weighted by molar-refractivity contribution is 6.23. The Morgan fingerprint density at radius 1 is 1.00 bits per heavy atom. The first-order valence-electron chi connectivity index (χ1n) is 12.2. The fourth-order valence-electron chi connectivity index (χ4n) is 4.50. The smallest absolute Gasteiger partial charge is 0.257 e. The zero-order valence-corrected chi connectivity index (χ0v) is 21.8. The first-order chi connectivity index (χ1) is 18.7. The normalized spacial score (nSPS) is 14.8. The van der Waals surface area contributed by atoms with Gasteiger partial charge in [-0.2, -0.15) is 0 Å². The van der Waals surface area contributed by atoms with Crippen LogP contribution in [0.3, 0.4) is 0 Å². The first-order valence-corrected chi connectivity index (χ1v) is 12.2. The molecule has 39 heavy (non-hydrogen) atoms. The Morgan fingerprint density at radius 2 is 1.69 bits per heavy atom. The monoisotopic (exact) mass is 533 g/mol. The molecule has 0 aromatic heterocycles. The topological polar surface area (TPSA) is 105 Å². The Labute approximate surface area is 225 Å². The van der Waals surface area contributed by atoms with Crippen LogP contribution in [0.5, 0.6) is 11.5 Å². The van der Waals surface area contributed by atoms with Gasteiger partial charge in [-0.15, -0.1) is 0 Å². The van der Waals surface area contributed by atoms with Crippen molar-refractivity contribution in [2.75, 3.05) is 31.0 Å². The van der Waals surface area contributed by atoms with Gasteiger partial charge >= 0.3 is 0 Å². The van der Waals surface area contributed by atoms with Crippen molar-refractivity contribution in [3.05, 3.63) is 83.7 Å². The average Bonchev–Trinajstić information content (AvgIpc) is 3.22. The molecule has 3 aromatic rings. The van der Waals surface area contributed by atoms with Gasteiger partial charge < -0.3 is 19.7 Å². The molecule has 0 bridgehead atoms. The number of amides is 4. The van der Waals surface area contributed by atoms with Crippen LogP contribution in [0.15, 0.2) is 66.7 Å². The lowest BCUT2D eigenvalue weighted by atomic mass is 10.1. The first kappa shape index (κ1) is 27.3. The molecule has 4 rings (SSSR count). The molecule has 1 aliphatic heterocycles. The molecule has 1 N–H and O–H groups in total. The quantitative estimate of drug-likeness (QED) is 0.420. The van der Waals surface area contributed by atoms with E-state index in [1.54, 1.807) is 30.3 Å². The number of ether oxygens (including phenoxy) is 2. The molecule has 3 aromatic carbocycles. The second-order valence-corrected chi connectivity index (χ2v) is 8.93. The van der Waals surface area contributed by atoms with E-state index in [-0.39, 0.29) is 24.4 Å². The molecule has 9 nitrogen and oxygen atoms in total. The molecule has 0 radical (unpaired) electrons. The van der Waals surface area contributed by atoms with E-state index in [4.69, 9.17) is 9.47 Å². The van der Waals surface area contributed by atoms with Crippen molar-refractivity contribution >= 4 is 35.0 Å². The van der Waals surface area contributed by atoms with E-state index >= 15 is 0 Å². The predicted molar refractivity (Wildman–Crippen MR) is 142 cm³/mol. The van der Waals surface area contributed by atoms with E-state index in [1.165, 1.54) is 62.4 Å². The number of nitrogens with zero attached hydrogens (tertiary/aromatic N) is 2. The fourth-order valence-corrected chi connectivity index (χ4v) is 4.50. The third-order valence-corrected chi connectivity index (χ3v) is 6.40. The van der Waals surface area contributed by atoms with Gasteiger partial charge in [-0.25, -0.2) is 9.29 Å². The predicted octanol–water partition coefficient (Wildman–Crippen LogP) is 3.82. The summed E-state index contributed by atoms with van der Waals surface area (Å²) in [6.07, 6.45) is 0.0579. The fraction of sp³-hybridized carbons (Fsp3) is 0.241. The van der Waals surface area contributed by atoms with Crippen LogP contribution in [0.1, 0.15) is 29.3 Å². The van der Waals surface area contributed by atoms with Gasteiger partial charge in [0.15, 0.2) is 11.5 Å². The summed E-state index contributed by atoms with van der Waals surface area (Å²) in [7, 11) is 3.03. The molecule has 1 aliphatic rings. The Morgan fingerprint density at radius 3 is 2.33 bits per heavy atom. The molecule has 0 aliphatic carbocycles. The number of anilines is 2. The zero-order valence-electron chi connectivity index (χ0n) is 21.8. The summed E-state index contributed by atoms with van der Waals surface area (Å²) in [5.74, 6) is -1.71. The molecule has 202 valence electrons. The van der Waals surface area contributed by atoms with Gasteiger partial charge in [0.2, 0.25) is 11.8 Å². The molecule has 1 atom stereocenters. The van der Waals surface area contributed by atoms with Gasteiger partial charge in [-0.05, 0) is 60.5 Å². The zero-order chi connectivity index (χ0) is 28.1. The maximum absolute atomic E-state index is 14.6. The van der Waals surface area contributed by atoms with E-state index in [9.17, 15) is 23.6 Å². The molecule has 0 saturated carbocycles. The van der Waals surface area contributed by atoms with Crippen molar-refractivity contribution in [1.29, 1.82) is 0 Å². The number of benzene rings is 3. The third-order valence-electron chi connectivity index (χ3n) is 6.40. The summed E-state index contributed by atoms with van der Waals surface area (Å²) >= 11 is 0. The van der Waals surface area contributed by atoms with Crippen LogP contribution in [-0.4, -0.2) is 55.3 Å². The van der Waals surface area contributed by atoms with Crippen molar-refractivity contribution in [2.45, 2.75) is 25.8 Å². The molecule has 0 spiro atoms. The maximum atomic E-state index is 14.6. The van der Waals surface area contributed by atoms with Gasteiger partial charge in [0, 0.05) is 19.2 Å². The minimum absolute atomic E-state index is 0.0433. The number of carbonyl (C=O) groups is 4. The lowest BCUT2D eigenvalue weighted by Crippen LogP contribution is -2.46. The number of hydrogen-bond acceptors (Lipinski definition) is 6. The standard InChI is InChI=1S/C29H28FN3O6/c1-18(34)31-20-9-11-21(12-10-20)33-27(35)17-24(29(33)37)32(28(36)22-6-4-5-7-23(22)30)15-14-19-8-13-25(38-2)26(16-19)39-3/h4-13,16,24H,14-15,17H2,1-3H3,(H,31,34). The van der Waals surface area contributed by atoms with Gasteiger partial charge in [0.05, 0.1) is 31.9 Å². The van der Waals surface area contributed by atoms with Crippen molar-refractivity contribution in [1.82, 2.24) is 4.90 Å². The maximum Gasteiger partial charge on any atom is 0.257 e. The van der Waals surface area contributed by atoms with Crippen molar-refractivity contribution in [2.24, 2.45) is 0 Å². The van der Waals surface area contributed by atoms with Crippen molar-refractivity contribution < 1.29 is 33.0 Å². The summed E-state index contributed by atoms with van der Waals surface area (Å²) in [5.41, 5.74) is 1.41. The third kappa shape index (κ3) is 5.90. The Kier molecular flexibility index (Phi) is 8.24. The second kappa shape index (κ2) is 11.8. The molecular weight excluding hydrogens is 505 g/mol. The van der Waals surface area contributed by atoms with Crippen LogP contribution in [0.4, 0.5) is 15.8 Å².